The highest BCUT2D eigenvalue weighted by atomic mass is 32.2. The van der Waals surface area contributed by atoms with E-state index in [1.165, 1.54) is 27.8 Å². The molecular weight excluding hydrogens is 418 g/mol. The van der Waals surface area contributed by atoms with Gasteiger partial charge >= 0.3 is 0 Å². The average molecular weight is 442 g/mol. The summed E-state index contributed by atoms with van der Waals surface area (Å²) in [5.41, 5.74) is 8.78. The van der Waals surface area contributed by atoms with Crippen molar-refractivity contribution in [1.29, 1.82) is 0 Å². The zero-order valence-electron chi connectivity index (χ0n) is 16.6. The van der Waals surface area contributed by atoms with Crippen molar-refractivity contribution < 1.29 is 9.59 Å². The third-order valence-electron chi connectivity index (χ3n) is 5.11. The summed E-state index contributed by atoms with van der Waals surface area (Å²) >= 11 is 2.70. The van der Waals surface area contributed by atoms with Gasteiger partial charge in [-0.25, -0.2) is 9.66 Å². The summed E-state index contributed by atoms with van der Waals surface area (Å²) in [6.45, 7) is 2.19. The molecule has 0 aliphatic heterocycles. The number of thiophene rings is 1. The number of carbonyl (C=O) groups is 2. The van der Waals surface area contributed by atoms with Crippen LogP contribution >= 0.6 is 23.1 Å². The number of thioether (sulfide) groups is 1. The summed E-state index contributed by atoms with van der Waals surface area (Å²) in [7, 11) is 0. The molecule has 9 heteroatoms. The lowest BCUT2D eigenvalue weighted by atomic mass is 9.88. The van der Waals surface area contributed by atoms with Crippen LogP contribution in [0.25, 0.3) is 11.3 Å². The largest absolute Gasteiger partial charge is 0.365 e. The highest BCUT2D eigenvalue weighted by molar-refractivity contribution is 7.99. The van der Waals surface area contributed by atoms with E-state index in [0.717, 1.165) is 41.0 Å². The van der Waals surface area contributed by atoms with Crippen molar-refractivity contribution in [2.24, 2.45) is 11.7 Å². The number of hydrogen-bond acceptors (Lipinski definition) is 6. The van der Waals surface area contributed by atoms with Crippen molar-refractivity contribution in [3.8, 4) is 11.3 Å². The molecule has 0 bridgehead atoms. The molecule has 1 aliphatic rings. The second-order valence-electron chi connectivity index (χ2n) is 7.44. The van der Waals surface area contributed by atoms with Gasteiger partial charge in [0.25, 0.3) is 5.91 Å². The van der Waals surface area contributed by atoms with Crippen LogP contribution in [0.3, 0.4) is 0 Å². The number of aromatic nitrogens is 2. The van der Waals surface area contributed by atoms with Crippen LogP contribution in [0.5, 0.6) is 0 Å². The van der Waals surface area contributed by atoms with E-state index in [9.17, 15) is 9.59 Å². The summed E-state index contributed by atoms with van der Waals surface area (Å²) in [6, 6.07) is 9.71. The summed E-state index contributed by atoms with van der Waals surface area (Å²) in [6.07, 6.45) is 4.49. The van der Waals surface area contributed by atoms with E-state index in [4.69, 9.17) is 11.6 Å². The second kappa shape index (κ2) is 8.53. The number of nitrogen functional groups attached to an aromatic ring is 1. The minimum absolute atomic E-state index is 0.125. The highest BCUT2D eigenvalue weighted by Crippen LogP contribution is 2.39. The van der Waals surface area contributed by atoms with Crippen LogP contribution in [-0.2, 0) is 17.6 Å². The quantitative estimate of drug-likeness (QED) is 0.401. The first-order valence-corrected chi connectivity index (χ1v) is 11.5. The van der Waals surface area contributed by atoms with Gasteiger partial charge in [0.15, 0.2) is 5.16 Å². The molecule has 156 valence electrons. The molecule has 2 amide bonds. The topological polar surface area (TPSA) is 116 Å². The lowest BCUT2D eigenvalue weighted by molar-refractivity contribution is -0.113. The van der Waals surface area contributed by atoms with Gasteiger partial charge in [-0.05, 0) is 30.7 Å². The molecule has 7 nitrogen and oxygen atoms in total. The number of anilines is 1. The van der Waals surface area contributed by atoms with Gasteiger partial charge in [-0.1, -0.05) is 49.0 Å². The Balaban J connectivity index is 1.45. The number of nitrogens with two attached hydrogens (primary N) is 2. The van der Waals surface area contributed by atoms with Crippen LogP contribution < -0.4 is 16.9 Å². The Hall–Kier alpha value is -2.78. The van der Waals surface area contributed by atoms with Crippen molar-refractivity contribution in [3.63, 3.8) is 0 Å². The van der Waals surface area contributed by atoms with E-state index < -0.39 is 5.91 Å². The number of primary amides is 1. The molecule has 4 rings (SSSR count). The van der Waals surface area contributed by atoms with Gasteiger partial charge in [-0.15, -0.1) is 11.3 Å². The highest BCUT2D eigenvalue weighted by Gasteiger charge is 2.27. The first kappa shape index (κ1) is 20.5. The first-order valence-electron chi connectivity index (χ1n) is 9.69. The fraction of sp³-hybridized carbons (Fsp3) is 0.286. The number of hydrogen-bond donors (Lipinski definition) is 3. The molecule has 30 heavy (non-hydrogen) atoms. The molecule has 0 saturated heterocycles. The fourth-order valence-corrected chi connectivity index (χ4v) is 5.75. The molecule has 3 aromatic rings. The fourth-order valence-electron chi connectivity index (χ4n) is 3.62. The van der Waals surface area contributed by atoms with Gasteiger partial charge in [0, 0.05) is 10.4 Å². The van der Waals surface area contributed by atoms with Crippen LogP contribution in [0, 0.1) is 5.92 Å². The first-order chi connectivity index (χ1) is 14.4. The third-order valence-corrected chi connectivity index (χ3v) is 7.25. The third kappa shape index (κ3) is 4.22. The van der Waals surface area contributed by atoms with Gasteiger partial charge < -0.3 is 16.9 Å². The number of nitrogens with one attached hydrogen (secondary N) is 1. The Morgan fingerprint density at radius 1 is 1.33 bits per heavy atom. The maximum Gasteiger partial charge on any atom is 0.251 e. The van der Waals surface area contributed by atoms with E-state index in [1.54, 1.807) is 6.20 Å². The molecular formula is C21H23N5O2S2. The van der Waals surface area contributed by atoms with E-state index in [0.29, 0.717) is 21.6 Å². The number of carbonyl (C=O) groups excluding carboxylic acids is 2. The Morgan fingerprint density at radius 3 is 2.83 bits per heavy atom. The smallest absolute Gasteiger partial charge is 0.251 e. The molecule has 1 atom stereocenters. The maximum absolute atomic E-state index is 12.6. The lowest BCUT2D eigenvalue weighted by Gasteiger charge is -2.18. The SMILES string of the molecule is CC1CCc2c(sc(NC(=O)CSc3nc(-c4ccccc4)cn3N)c2C(N)=O)C1. The summed E-state index contributed by atoms with van der Waals surface area (Å²) in [4.78, 5) is 30.3. The number of nitrogens with zero attached hydrogens (tertiary/aromatic N) is 2. The Bertz CT molecular complexity index is 1090. The summed E-state index contributed by atoms with van der Waals surface area (Å²) in [5, 5.41) is 3.96. The average Bonchev–Trinajstić information content (AvgIpc) is 3.26. The molecule has 1 unspecified atom stereocenters. The van der Waals surface area contributed by atoms with Gasteiger partial charge in [0.05, 0.1) is 23.2 Å². The van der Waals surface area contributed by atoms with Crippen LogP contribution in [-0.4, -0.2) is 27.2 Å². The van der Waals surface area contributed by atoms with Crippen molar-refractivity contribution in [2.75, 3.05) is 16.9 Å². The molecule has 0 spiro atoms. The van der Waals surface area contributed by atoms with E-state index in [-0.39, 0.29) is 11.7 Å². The van der Waals surface area contributed by atoms with E-state index in [2.05, 4.69) is 17.2 Å². The molecule has 0 saturated carbocycles. The number of imidazole rings is 1. The van der Waals surface area contributed by atoms with Crippen molar-refractivity contribution in [2.45, 2.75) is 31.3 Å². The van der Waals surface area contributed by atoms with Gasteiger partial charge in [0.2, 0.25) is 5.91 Å². The second-order valence-corrected chi connectivity index (χ2v) is 9.49. The lowest BCUT2D eigenvalue weighted by Crippen LogP contribution is -2.20. The van der Waals surface area contributed by atoms with Crippen molar-refractivity contribution >= 4 is 39.9 Å². The molecule has 5 N–H and O–H groups in total. The monoisotopic (exact) mass is 441 g/mol. The molecule has 2 aromatic heterocycles. The number of rotatable bonds is 6. The van der Waals surface area contributed by atoms with Crippen molar-refractivity contribution in [1.82, 2.24) is 9.66 Å². The maximum atomic E-state index is 12.6. The standard InChI is InChI=1S/C21H23N5O2S2/c1-12-7-8-14-16(9-12)30-20(18(14)19(22)28)25-17(27)11-29-21-24-15(10-26(21)23)13-5-3-2-4-6-13/h2-6,10,12H,7-9,11,23H2,1H3,(H2,22,28)(H,25,27). The van der Waals surface area contributed by atoms with E-state index >= 15 is 0 Å². The Labute approximate surface area is 182 Å². The van der Waals surface area contributed by atoms with Crippen molar-refractivity contribution in [3.05, 3.63) is 52.5 Å². The molecule has 0 fully saturated rings. The minimum atomic E-state index is -0.491. The minimum Gasteiger partial charge on any atom is -0.365 e. The number of benzene rings is 1. The molecule has 2 heterocycles. The zero-order chi connectivity index (χ0) is 21.3. The molecule has 1 aromatic carbocycles. The van der Waals surface area contributed by atoms with Crippen LogP contribution in [0.15, 0.2) is 41.7 Å². The van der Waals surface area contributed by atoms with Gasteiger partial charge in [0.1, 0.15) is 5.00 Å². The molecule has 1 aliphatic carbocycles. The number of amides is 2. The summed E-state index contributed by atoms with van der Waals surface area (Å²) in [5.74, 6) is 5.98. The van der Waals surface area contributed by atoms with E-state index in [1.807, 2.05) is 30.3 Å². The Kier molecular flexibility index (Phi) is 5.83. The molecule has 0 radical (unpaired) electrons. The zero-order valence-corrected chi connectivity index (χ0v) is 18.2. The van der Waals surface area contributed by atoms with Crippen LogP contribution in [0.2, 0.25) is 0 Å². The summed E-state index contributed by atoms with van der Waals surface area (Å²) < 4.78 is 1.42. The normalized spacial score (nSPS) is 15.6. The van der Waals surface area contributed by atoms with Crippen LogP contribution in [0.4, 0.5) is 5.00 Å². The number of fused-ring (bicyclic) bond motifs is 1. The predicted molar refractivity (Wildman–Crippen MR) is 121 cm³/mol. The predicted octanol–water partition coefficient (Wildman–Crippen LogP) is 3.28. The van der Waals surface area contributed by atoms with Gasteiger partial charge in [-0.3, -0.25) is 9.59 Å². The van der Waals surface area contributed by atoms with Gasteiger partial charge in [-0.2, -0.15) is 0 Å². The Morgan fingerprint density at radius 2 is 2.10 bits per heavy atom. The van der Waals surface area contributed by atoms with Crippen LogP contribution in [0.1, 0.15) is 34.1 Å².